The van der Waals surface area contributed by atoms with Crippen LogP contribution in [0.4, 0.5) is 10.1 Å². The van der Waals surface area contributed by atoms with Crippen molar-refractivity contribution in [2.24, 2.45) is 4.99 Å². The SMILES string of the molecule is CN1CCN=C(/C=C/c2ccccc2SCc2ccccc2)c2ccc(F)cc21.Cl. The Labute approximate surface area is 188 Å². The maximum Gasteiger partial charge on any atom is 0.125 e. The van der Waals surface area contributed by atoms with E-state index in [2.05, 4.69) is 65.6 Å². The van der Waals surface area contributed by atoms with Crippen LogP contribution in [-0.2, 0) is 5.75 Å². The zero-order valence-corrected chi connectivity index (χ0v) is 18.4. The van der Waals surface area contributed by atoms with Crippen molar-refractivity contribution in [1.82, 2.24) is 0 Å². The Balaban J connectivity index is 0.00000256. The molecule has 1 aliphatic heterocycles. The lowest BCUT2D eigenvalue weighted by Crippen LogP contribution is -2.20. The summed E-state index contributed by atoms with van der Waals surface area (Å²) >= 11 is 1.83. The molecule has 0 fully saturated rings. The summed E-state index contributed by atoms with van der Waals surface area (Å²) in [6.07, 6.45) is 4.17. The third kappa shape index (κ3) is 5.32. The minimum atomic E-state index is -0.219. The molecular weight excluding hydrogens is 415 g/mol. The number of nitrogens with zero attached hydrogens (tertiary/aromatic N) is 2. The maximum atomic E-state index is 13.8. The molecule has 1 aliphatic rings. The monoisotopic (exact) mass is 438 g/mol. The predicted molar refractivity (Wildman–Crippen MR) is 130 cm³/mol. The molecule has 0 saturated heterocycles. The molecule has 0 aromatic heterocycles. The number of fused-ring (bicyclic) bond motifs is 1. The molecule has 0 bridgehead atoms. The molecule has 0 spiro atoms. The molecule has 5 heteroatoms. The predicted octanol–water partition coefficient (Wildman–Crippen LogP) is 6.49. The minimum Gasteiger partial charge on any atom is -0.372 e. The topological polar surface area (TPSA) is 15.6 Å². The Morgan fingerprint density at radius 3 is 2.60 bits per heavy atom. The van der Waals surface area contributed by atoms with Gasteiger partial charge in [0.15, 0.2) is 0 Å². The number of halogens is 2. The lowest BCUT2D eigenvalue weighted by atomic mass is 10.1. The number of benzene rings is 3. The van der Waals surface area contributed by atoms with E-state index in [1.54, 1.807) is 6.07 Å². The van der Waals surface area contributed by atoms with Gasteiger partial charge in [-0.2, -0.15) is 0 Å². The molecule has 0 aliphatic carbocycles. The number of anilines is 1. The molecule has 3 aromatic rings. The highest BCUT2D eigenvalue weighted by atomic mass is 35.5. The van der Waals surface area contributed by atoms with Crippen molar-refractivity contribution in [2.75, 3.05) is 25.0 Å². The van der Waals surface area contributed by atoms with Crippen molar-refractivity contribution in [2.45, 2.75) is 10.6 Å². The number of rotatable bonds is 5. The van der Waals surface area contributed by atoms with E-state index >= 15 is 0 Å². The van der Waals surface area contributed by atoms with Gasteiger partial charge < -0.3 is 4.90 Å². The molecule has 4 rings (SSSR count). The molecule has 0 unspecified atom stereocenters. The van der Waals surface area contributed by atoms with Gasteiger partial charge in [0.25, 0.3) is 0 Å². The fraction of sp³-hybridized carbons (Fsp3) is 0.160. The highest BCUT2D eigenvalue weighted by Crippen LogP contribution is 2.28. The van der Waals surface area contributed by atoms with Crippen LogP contribution < -0.4 is 4.90 Å². The minimum absolute atomic E-state index is 0. The van der Waals surface area contributed by atoms with Crippen LogP contribution >= 0.6 is 24.2 Å². The lowest BCUT2D eigenvalue weighted by Gasteiger charge is -2.18. The van der Waals surface area contributed by atoms with Crippen LogP contribution in [0, 0.1) is 5.82 Å². The molecule has 0 atom stereocenters. The second kappa shape index (κ2) is 10.5. The molecule has 0 saturated carbocycles. The maximum absolute atomic E-state index is 13.8. The first-order valence-corrected chi connectivity index (χ1v) is 10.7. The summed E-state index contributed by atoms with van der Waals surface area (Å²) in [5, 5.41) is 0. The quantitative estimate of drug-likeness (QED) is 0.423. The van der Waals surface area contributed by atoms with Crippen molar-refractivity contribution in [3.63, 3.8) is 0 Å². The Morgan fingerprint density at radius 1 is 1.00 bits per heavy atom. The van der Waals surface area contributed by atoms with Gasteiger partial charge in [0.2, 0.25) is 0 Å². The van der Waals surface area contributed by atoms with Gasteiger partial charge in [-0.05, 0) is 41.5 Å². The highest BCUT2D eigenvalue weighted by Gasteiger charge is 2.15. The molecular formula is C25H24ClFN2S. The second-order valence-corrected chi connectivity index (χ2v) is 8.01. The van der Waals surface area contributed by atoms with E-state index in [1.165, 1.54) is 16.5 Å². The summed E-state index contributed by atoms with van der Waals surface area (Å²) < 4.78 is 13.8. The van der Waals surface area contributed by atoms with Gasteiger partial charge in [0.1, 0.15) is 5.82 Å². The molecule has 30 heavy (non-hydrogen) atoms. The summed E-state index contributed by atoms with van der Waals surface area (Å²) in [4.78, 5) is 8.04. The van der Waals surface area contributed by atoms with Gasteiger partial charge in [0, 0.05) is 35.5 Å². The van der Waals surface area contributed by atoms with Crippen molar-refractivity contribution in [3.05, 3.63) is 101 Å². The average molecular weight is 439 g/mol. The van der Waals surface area contributed by atoms with E-state index in [1.807, 2.05) is 30.9 Å². The Bertz CT molecular complexity index is 1050. The first-order valence-electron chi connectivity index (χ1n) is 9.70. The van der Waals surface area contributed by atoms with Crippen LogP contribution in [-0.4, -0.2) is 25.8 Å². The van der Waals surface area contributed by atoms with E-state index < -0.39 is 0 Å². The zero-order chi connectivity index (χ0) is 20.1. The average Bonchev–Trinajstić information content (AvgIpc) is 2.90. The smallest absolute Gasteiger partial charge is 0.125 e. The van der Waals surface area contributed by atoms with Crippen LogP contribution in [0.3, 0.4) is 0 Å². The first kappa shape index (κ1) is 22.1. The van der Waals surface area contributed by atoms with Crippen molar-refractivity contribution in [3.8, 4) is 0 Å². The summed E-state index contributed by atoms with van der Waals surface area (Å²) in [6.45, 7) is 1.47. The third-order valence-electron chi connectivity index (χ3n) is 4.94. The Morgan fingerprint density at radius 2 is 1.77 bits per heavy atom. The van der Waals surface area contributed by atoms with E-state index in [9.17, 15) is 4.39 Å². The fourth-order valence-corrected chi connectivity index (χ4v) is 4.35. The number of thioether (sulfide) groups is 1. The molecule has 0 radical (unpaired) electrons. The highest BCUT2D eigenvalue weighted by molar-refractivity contribution is 7.98. The van der Waals surface area contributed by atoms with Gasteiger partial charge in [-0.15, -0.1) is 24.2 Å². The van der Waals surface area contributed by atoms with Crippen molar-refractivity contribution in [1.29, 1.82) is 0 Å². The number of aliphatic imine (C=N–C) groups is 1. The normalized spacial score (nSPS) is 13.4. The van der Waals surface area contributed by atoms with Gasteiger partial charge in [-0.3, -0.25) is 4.99 Å². The Kier molecular flexibility index (Phi) is 7.72. The van der Waals surface area contributed by atoms with Crippen LogP contribution in [0.15, 0.2) is 88.8 Å². The van der Waals surface area contributed by atoms with Crippen molar-refractivity contribution >= 4 is 41.6 Å². The molecule has 154 valence electrons. The molecule has 0 N–H and O–H groups in total. The van der Waals surface area contributed by atoms with Crippen molar-refractivity contribution < 1.29 is 4.39 Å². The van der Waals surface area contributed by atoms with E-state index in [-0.39, 0.29) is 18.2 Å². The summed E-state index contributed by atoms with van der Waals surface area (Å²) in [5.41, 5.74) is 5.22. The van der Waals surface area contributed by atoms with Crippen LogP contribution in [0.5, 0.6) is 0 Å². The Hall–Kier alpha value is -2.56. The first-order chi connectivity index (χ1) is 14.2. The number of hydrogen-bond donors (Lipinski definition) is 0. The molecule has 3 aromatic carbocycles. The number of allylic oxidation sites excluding steroid dienone is 1. The largest absolute Gasteiger partial charge is 0.372 e. The van der Waals surface area contributed by atoms with E-state index in [4.69, 9.17) is 4.99 Å². The molecule has 1 heterocycles. The van der Waals surface area contributed by atoms with Crippen LogP contribution in [0.2, 0.25) is 0 Å². The van der Waals surface area contributed by atoms with Crippen LogP contribution in [0.1, 0.15) is 16.7 Å². The zero-order valence-electron chi connectivity index (χ0n) is 16.8. The summed E-state index contributed by atoms with van der Waals surface area (Å²) in [7, 11) is 1.98. The number of hydrogen-bond acceptors (Lipinski definition) is 3. The fourth-order valence-electron chi connectivity index (χ4n) is 3.36. The number of benzodiazepines with no additional fused rings is 1. The van der Waals surface area contributed by atoms with Gasteiger partial charge in [-0.25, -0.2) is 4.39 Å². The second-order valence-electron chi connectivity index (χ2n) is 7.00. The van der Waals surface area contributed by atoms with E-state index in [0.29, 0.717) is 6.54 Å². The summed E-state index contributed by atoms with van der Waals surface area (Å²) in [5.74, 6) is 0.711. The van der Waals surface area contributed by atoms with Gasteiger partial charge >= 0.3 is 0 Å². The van der Waals surface area contributed by atoms with E-state index in [0.717, 1.165) is 34.8 Å². The third-order valence-corrected chi connectivity index (χ3v) is 6.10. The number of likely N-dealkylation sites (N-methyl/N-ethyl adjacent to an activating group) is 1. The van der Waals surface area contributed by atoms with Gasteiger partial charge in [0.05, 0.1) is 12.3 Å². The molecule has 2 nitrogen and oxygen atoms in total. The van der Waals surface area contributed by atoms with Gasteiger partial charge in [-0.1, -0.05) is 54.6 Å². The molecule has 0 amide bonds. The lowest BCUT2D eigenvalue weighted by molar-refractivity contribution is 0.627. The summed E-state index contributed by atoms with van der Waals surface area (Å²) in [6, 6.07) is 23.8. The standard InChI is InChI=1S/C25H23FN2S.ClH/c1-28-16-15-27-23(22-13-12-21(26)17-24(22)28)14-11-20-9-5-6-10-25(20)29-18-19-7-3-2-4-8-19;/h2-14,17H,15-16,18H2,1H3;1H/b14-11+;. The van der Waals surface area contributed by atoms with Crippen LogP contribution in [0.25, 0.3) is 6.08 Å².